The first-order valence-electron chi connectivity index (χ1n) is 10.9. The van der Waals surface area contributed by atoms with Gasteiger partial charge in [-0.3, -0.25) is 19.2 Å². The van der Waals surface area contributed by atoms with E-state index in [4.69, 9.17) is 4.74 Å². The second-order valence-corrected chi connectivity index (χ2v) is 8.07. The third-order valence-electron chi connectivity index (χ3n) is 6.15. The van der Waals surface area contributed by atoms with Gasteiger partial charge in [0, 0.05) is 63.5 Å². The highest BCUT2D eigenvalue weighted by atomic mass is 16.5. The van der Waals surface area contributed by atoms with E-state index in [-0.39, 0.29) is 17.7 Å². The summed E-state index contributed by atoms with van der Waals surface area (Å²) < 4.78 is 7.34. The summed E-state index contributed by atoms with van der Waals surface area (Å²) in [5, 5.41) is 7.59. The van der Waals surface area contributed by atoms with E-state index in [9.17, 15) is 9.59 Å². The Hall–Kier alpha value is -1.93. The summed E-state index contributed by atoms with van der Waals surface area (Å²) in [7, 11) is 0. The molecule has 8 nitrogen and oxygen atoms in total. The molecule has 0 aromatic carbocycles. The van der Waals surface area contributed by atoms with Gasteiger partial charge in [-0.2, -0.15) is 5.10 Å². The van der Waals surface area contributed by atoms with Gasteiger partial charge in [-0.25, -0.2) is 0 Å². The molecule has 8 heteroatoms. The lowest BCUT2D eigenvalue weighted by molar-refractivity contribution is -0.138. The van der Waals surface area contributed by atoms with E-state index in [1.807, 2.05) is 23.4 Å². The molecule has 0 radical (unpaired) electrons. The normalized spacial score (nSPS) is 20.9. The first-order chi connectivity index (χ1) is 14.0. The van der Waals surface area contributed by atoms with E-state index in [0.717, 1.165) is 69.3 Å². The van der Waals surface area contributed by atoms with Gasteiger partial charge in [0.15, 0.2) is 0 Å². The summed E-state index contributed by atoms with van der Waals surface area (Å²) in [5.74, 6) is 0.0867. The highest BCUT2D eigenvalue weighted by Gasteiger charge is 2.30. The molecule has 1 atom stereocenters. The zero-order valence-electron chi connectivity index (χ0n) is 18.1. The number of aryl methyl sites for hydroxylation is 2. The van der Waals surface area contributed by atoms with Gasteiger partial charge in [0.1, 0.15) is 0 Å². The molecule has 0 spiro atoms. The molecule has 2 amide bonds. The maximum absolute atomic E-state index is 12.7. The SMILES string of the molecule is CCn1nc(C)c(CNC(=O)C2CCC(=O)N(CCCN3CCOCC3)C2)c1C. The minimum Gasteiger partial charge on any atom is -0.379 e. The molecule has 2 aliphatic heterocycles. The molecule has 1 unspecified atom stereocenters. The van der Waals surface area contributed by atoms with Crippen molar-refractivity contribution in [3.63, 3.8) is 0 Å². The van der Waals surface area contributed by atoms with Crippen LogP contribution in [0.5, 0.6) is 0 Å². The van der Waals surface area contributed by atoms with Crippen LogP contribution in [0.15, 0.2) is 0 Å². The molecule has 0 saturated carbocycles. The fraction of sp³-hybridized carbons (Fsp3) is 0.762. The minimum atomic E-state index is -0.127. The molecule has 0 bridgehead atoms. The van der Waals surface area contributed by atoms with Crippen molar-refractivity contribution in [1.29, 1.82) is 0 Å². The molecule has 1 aromatic rings. The van der Waals surface area contributed by atoms with Crippen molar-refractivity contribution in [2.45, 2.75) is 53.1 Å². The Bertz CT molecular complexity index is 711. The number of hydrogen-bond donors (Lipinski definition) is 1. The molecular formula is C21H35N5O3. The second kappa shape index (κ2) is 10.2. The Kier molecular flexibility index (Phi) is 7.66. The molecular weight excluding hydrogens is 370 g/mol. The third kappa shape index (κ3) is 5.57. The molecule has 2 aliphatic rings. The quantitative estimate of drug-likeness (QED) is 0.701. The van der Waals surface area contributed by atoms with Crippen LogP contribution in [-0.2, 0) is 27.4 Å². The summed E-state index contributed by atoms with van der Waals surface area (Å²) in [6.45, 7) is 13.2. The number of ether oxygens (including phenoxy) is 1. The Morgan fingerprint density at radius 2 is 2.00 bits per heavy atom. The van der Waals surface area contributed by atoms with Crippen LogP contribution in [0.1, 0.15) is 43.1 Å². The number of carbonyl (C=O) groups is 2. The van der Waals surface area contributed by atoms with Crippen LogP contribution in [0.2, 0.25) is 0 Å². The van der Waals surface area contributed by atoms with Crippen LogP contribution in [0.25, 0.3) is 0 Å². The number of piperidine rings is 1. The summed E-state index contributed by atoms with van der Waals surface area (Å²) in [6.07, 6.45) is 2.03. The molecule has 162 valence electrons. The minimum absolute atomic E-state index is 0.0405. The average molecular weight is 406 g/mol. The largest absolute Gasteiger partial charge is 0.379 e. The first-order valence-corrected chi connectivity index (χ1v) is 10.9. The number of amides is 2. The van der Waals surface area contributed by atoms with E-state index in [2.05, 4.69) is 22.2 Å². The van der Waals surface area contributed by atoms with E-state index < -0.39 is 0 Å². The van der Waals surface area contributed by atoms with E-state index in [1.165, 1.54) is 0 Å². The van der Waals surface area contributed by atoms with Crippen molar-refractivity contribution in [2.75, 3.05) is 45.9 Å². The van der Waals surface area contributed by atoms with Crippen molar-refractivity contribution in [3.8, 4) is 0 Å². The Morgan fingerprint density at radius 1 is 1.24 bits per heavy atom. The molecule has 1 N–H and O–H groups in total. The highest BCUT2D eigenvalue weighted by molar-refractivity contribution is 5.83. The van der Waals surface area contributed by atoms with Crippen LogP contribution in [0.3, 0.4) is 0 Å². The van der Waals surface area contributed by atoms with Crippen molar-refractivity contribution in [2.24, 2.45) is 5.92 Å². The molecule has 3 rings (SSSR count). The second-order valence-electron chi connectivity index (χ2n) is 8.07. The zero-order chi connectivity index (χ0) is 20.8. The van der Waals surface area contributed by atoms with Gasteiger partial charge in [0.2, 0.25) is 11.8 Å². The van der Waals surface area contributed by atoms with Crippen molar-refractivity contribution < 1.29 is 14.3 Å². The number of aromatic nitrogens is 2. The molecule has 2 saturated heterocycles. The van der Waals surface area contributed by atoms with E-state index in [0.29, 0.717) is 25.9 Å². The molecule has 1 aromatic heterocycles. The number of rotatable bonds is 8. The molecule has 3 heterocycles. The Balaban J connectivity index is 1.46. The van der Waals surface area contributed by atoms with Crippen molar-refractivity contribution in [1.82, 2.24) is 24.9 Å². The maximum Gasteiger partial charge on any atom is 0.225 e. The summed E-state index contributed by atoms with van der Waals surface area (Å²) in [4.78, 5) is 29.3. The Morgan fingerprint density at radius 3 is 2.69 bits per heavy atom. The summed E-state index contributed by atoms with van der Waals surface area (Å²) >= 11 is 0. The number of morpholine rings is 1. The number of nitrogens with one attached hydrogen (secondary N) is 1. The third-order valence-corrected chi connectivity index (χ3v) is 6.15. The lowest BCUT2D eigenvalue weighted by Gasteiger charge is -2.33. The van der Waals surface area contributed by atoms with Crippen LogP contribution in [-0.4, -0.2) is 77.3 Å². The Labute approximate surface area is 173 Å². The predicted molar refractivity (Wildman–Crippen MR) is 110 cm³/mol. The van der Waals surface area contributed by atoms with Gasteiger partial charge in [0.25, 0.3) is 0 Å². The van der Waals surface area contributed by atoms with Crippen molar-refractivity contribution in [3.05, 3.63) is 17.0 Å². The van der Waals surface area contributed by atoms with Gasteiger partial charge >= 0.3 is 0 Å². The van der Waals surface area contributed by atoms with Crippen LogP contribution in [0, 0.1) is 19.8 Å². The fourth-order valence-electron chi connectivity index (χ4n) is 4.27. The summed E-state index contributed by atoms with van der Waals surface area (Å²) in [6, 6.07) is 0. The lowest BCUT2D eigenvalue weighted by Crippen LogP contribution is -2.46. The van der Waals surface area contributed by atoms with Gasteiger partial charge in [-0.1, -0.05) is 0 Å². The van der Waals surface area contributed by atoms with E-state index >= 15 is 0 Å². The zero-order valence-corrected chi connectivity index (χ0v) is 18.1. The molecule has 0 aliphatic carbocycles. The number of likely N-dealkylation sites (tertiary alicyclic amines) is 1. The summed E-state index contributed by atoms with van der Waals surface area (Å²) in [5.41, 5.74) is 3.16. The predicted octanol–water partition coefficient (Wildman–Crippen LogP) is 1.10. The number of hydrogen-bond acceptors (Lipinski definition) is 5. The smallest absolute Gasteiger partial charge is 0.225 e. The van der Waals surface area contributed by atoms with Gasteiger partial charge in [-0.15, -0.1) is 0 Å². The number of carbonyl (C=O) groups excluding carboxylic acids is 2. The maximum atomic E-state index is 12.7. The first kappa shape index (κ1) is 21.8. The van der Waals surface area contributed by atoms with Gasteiger partial charge in [0.05, 0.1) is 24.8 Å². The fourth-order valence-corrected chi connectivity index (χ4v) is 4.27. The van der Waals surface area contributed by atoms with Gasteiger partial charge in [-0.05, 0) is 33.6 Å². The standard InChI is InChI=1S/C21H35N5O3/c1-4-26-17(3)19(16(2)23-26)14-22-21(28)18-6-7-20(27)25(15-18)9-5-8-24-10-12-29-13-11-24/h18H,4-15H2,1-3H3,(H,22,28). The van der Waals surface area contributed by atoms with Crippen LogP contribution in [0.4, 0.5) is 0 Å². The average Bonchev–Trinajstić information content (AvgIpc) is 3.01. The molecule has 2 fully saturated rings. The lowest BCUT2D eigenvalue weighted by atomic mass is 9.96. The van der Waals surface area contributed by atoms with Crippen LogP contribution >= 0.6 is 0 Å². The van der Waals surface area contributed by atoms with E-state index in [1.54, 1.807) is 0 Å². The van der Waals surface area contributed by atoms with Crippen LogP contribution < -0.4 is 5.32 Å². The monoisotopic (exact) mass is 405 g/mol. The highest BCUT2D eigenvalue weighted by Crippen LogP contribution is 2.19. The van der Waals surface area contributed by atoms with Crippen molar-refractivity contribution >= 4 is 11.8 Å². The molecule has 29 heavy (non-hydrogen) atoms. The number of nitrogens with zero attached hydrogens (tertiary/aromatic N) is 4. The topological polar surface area (TPSA) is 79.7 Å². The van der Waals surface area contributed by atoms with Gasteiger partial charge < -0.3 is 15.0 Å².